The van der Waals surface area contributed by atoms with Gasteiger partial charge in [0, 0.05) is 35.3 Å². The van der Waals surface area contributed by atoms with Crippen molar-refractivity contribution >= 4 is 5.97 Å². The molecule has 0 amide bonds. The molecule has 1 aromatic carbocycles. The van der Waals surface area contributed by atoms with E-state index < -0.39 is 64.9 Å². The number of aryl methyl sites for hydroxylation is 1. The monoisotopic (exact) mass is 711 g/mol. The summed E-state index contributed by atoms with van der Waals surface area (Å²) in [5.74, 6) is -2.59. The number of nitrogens with zero attached hydrogens (tertiary/aromatic N) is 2. The zero-order valence-electron chi connectivity index (χ0n) is 26.0. The first-order valence-electron chi connectivity index (χ1n) is 14.9. The van der Waals surface area contributed by atoms with Crippen molar-refractivity contribution in [1.29, 1.82) is 0 Å². The molecule has 3 aromatic rings. The van der Waals surface area contributed by atoms with Gasteiger partial charge in [-0.3, -0.25) is 0 Å². The molecule has 2 atom stereocenters. The second kappa shape index (κ2) is 11.7. The number of nitrogens with one attached hydrogen (secondary N) is 1. The average molecular weight is 712 g/mol. The molecule has 0 bridgehead atoms. The van der Waals surface area contributed by atoms with Crippen molar-refractivity contribution in [1.82, 2.24) is 15.3 Å². The number of hydrogen-bond acceptors (Lipinski definition) is 6. The number of aliphatic hydroxyl groups is 1. The van der Waals surface area contributed by atoms with Gasteiger partial charge in [-0.15, -0.1) is 0 Å². The number of carboxylic acids is 1. The van der Waals surface area contributed by atoms with Crippen LogP contribution in [0.3, 0.4) is 0 Å². The van der Waals surface area contributed by atoms with Gasteiger partial charge in [-0.25, -0.2) is 14.8 Å². The van der Waals surface area contributed by atoms with Crippen LogP contribution in [0.5, 0.6) is 5.88 Å². The Morgan fingerprint density at radius 2 is 1.58 bits per heavy atom. The van der Waals surface area contributed by atoms with Crippen LogP contribution in [0.4, 0.5) is 39.5 Å². The van der Waals surface area contributed by atoms with Crippen LogP contribution in [0.1, 0.15) is 40.2 Å². The van der Waals surface area contributed by atoms with E-state index in [1.807, 2.05) is 0 Å². The lowest BCUT2D eigenvalue weighted by atomic mass is 9.96. The summed E-state index contributed by atoms with van der Waals surface area (Å²) in [7, 11) is 1.28. The number of carbonyl (C=O) groups is 1. The Bertz CT molecular complexity index is 1990. The number of pyridine rings is 2. The zero-order chi connectivity index (χ0) is 36.6. The van der Waals surface area contributed by atoms with Crippen molar-refractivity contribution in [2.24, 2.45) is 5.92 Å². The van der Waals surface area contributed by atoms with Crippen LogP contribution in [0.15, 0.2) is 77.5 Å². The molecule has 16 heteroatoms. The third kappa shape index (κ3) is 6.14. The molecule has 2 fully saturated rings. The molecule has 7 nitrogen and oxygen atoms in total. The minimum Gasteiger partial charge on any atom is -0.481 e. The molecule has 3 aliphatic rings. The van der Waals surface area contributed by atoms with Gasteiger partial charge >= 0.3 is 24.5 Å². The number of aromatic carboxylic acids is 1. The molecule has 0 saturated heterocycles. The van der Waals surface area contributed by atoms with Crippen LogP contribution >= 0.6 is 0 Å². The Morgan fingerprint density at radius 3 is 2.14 bits per heavy atom. The van der Waals surface area contributed by atoms with Gasteiger partial charge in [-0.05, 0) is 72.9 Å². The van der Waals surface area contributed by atoms with Gasteiger partial charge in [-0.1, -0.05) is 18.2 Å². The van der Waals surface area contributed by atoms with Crippen molar-refractivity contribution in [3.05, 3.63) is 100 Å². The first-order chi connectivity index (χ1) is 23.2. The van der Waals surface area contributed by atoms with E-state index in [0.717, 1.165) is 12.1 Å². The van der Waals surface area contributed by atoms with Crippen LogP contribution in [-0.2, 0) is 12.7 Å². The first-order valence-corrected chi connectivity index (χ1v) is 14.9. The Morgan fingerprint density at radius 1 is 0.920 bits per heavy atom. The average Bonchev–Trinajstić information content (AvgIpc) is 3.94. The van der Waals surface area contributed by atoms with E-state index in [1.165, 1.54) is 25.4 Å². The minimum absolute atomic E-state index is 0.0120. The predicted octanol–water partition coefficient (Wildman–Crippen LogP) is 7.75. The summed E-state index contributed by atoms with van der Waals surface area (Å²) in [5.41, 5.74) is -6.74. The van der Waals surface area contributed by atoms with Crippen molar-refractivity contribution in [3.8, 4) is 28.1 Å². The van der Waals surface area contributed by atoms with Gasteiger partial charge in [-0.2, -0.15) is 39.5 Å². The van der Waals surface area contributed by atoms with Crippen molar-refractivity contribution < 1.29 is 59.3 Å². The number of benzene rings is 1. The van der Waals surface area contributed by atoms with Gasteiger partial charge in [0.1, 0.15) is 11.3 Å². The van der Waals surface area contributed by atoms with Crippen molar-refractivity contribution in [2.45, 2.75) is 56.0 Å². The van der Waals surface area contributed by atoms with Crippen molar-refractivity contribution in [3.63, 3.8) is 0 Å². The largest absolute Gasteiger partial charge is 0.481 e. The highest BCUT2D eigenvalue weighted by Gasteiger charge is 2.74. The highest BCUT2D eigenvalue weighted by molar-refractivity contribution is 5.89. The molecule has 264 valence electrons. The fraction of sp³-hybridized carbons (Fsp3) is 0.324. The van der Waals surface area contributed by atoms with E-state index in [-0.39, 0.29) is 52.8 Å². The summed E-state index contributed by atoms with van der Waals surface area (Å²) in [6.07, 6.45) is -12.6. The van der Waals surface area contributed by atoms with Gasteiger partial charge in [0.05, 0.1) is 35.1 Å². The fourth-order valence-corrected chi connectivity index (χ4v) is 6.48. The molecule has 3 aliphatic carbocycles. The number of alkyl halides is 9. The number of hydrogen-bond donors (Lipinski definition) is 3. The topological polar surface area (TPSA) is 105 Å². The number of allylic oxidation sites excluding steroid dienone is 4. The lowest BCUT2D eigenvalue weighted by Crippen LogP contribution is -2.45. The predicted molar refractivity (Wildman–Crippen MR) is 160 cm³/mol. The van der Waals surface area contributed by atoms with Gasteiger partial charge in [0.2, 0.25) is 5.88 Å². The highest BCUT2D eigenvalue weighted by Crippen LogP contribution is 2.67. The Kier molecular flexibility index (Phi) is 8.21. The van der Waals surface area contributed by atoms with Crippen LogP contribution in [0, 0.1) is 12.8 Å². The molecule has 2 aromatic heterocycles. The van der Waals surface area contributed by atoms with Crippen LogP contribution in [-0.4, -0.2) is 56.8 Å². The third-order valence-electron chi connectivity index (χ3n) is 9.22. The third-order valence-corrected chi connectivity index (χ3v) is 9.22. The minimum atomic E-state index is -5.16. The van der Waals surface area contributed by atoms with E-state index in [2.05, 4.69) is 15.3 Å². The molecule has 50 heavy (non-hydrogen) atoms. The quantitative estimate of drug-likeness (QED) is 0.206. The number of carboxylic acid groups (broad SMARTS) is 1. The molecule has 3 N–H and O–H groups in total. The maximum atomic E-state index is 13.9. The summed E-state index contributed by atoms with van der Waals surface area (Å²) < 4.78 is 129. The van der Waals surface area contributed by atoms with E-state index >= 15 is 0 Å². The van der Waals surface area contributed by atoms with E-state index in [1.54, 1.807) is 19.1 Å². The molecule has 2 saturated carbocycles. The van der Waals surface area contributed by atoms with E-state index in [4.69, 9.17) is 4.74 Å². The maximum Gasteiger partial charge on any atom is 0.433 e. The highest BCUT2D eigenvalue weighted by atomic mass is 19.4. The summed E-state index contributed by atoms with van der Waals surface area (Å²) in [6.45, 7) is 1.17. The summed E-state index contributed by atoms with van der Waals surface area (Å²) in [4.78, 5) is 19.5. The number of halogens is 9. The van der Waals surface area contributed by atoms with Crippen LogP contribution in [0.2, 0.25) is 0 Å². The molecule has 0 unspecified atom stereocenters. The Labute approximate surface area is 277 Å². The molecule has 2 heterocycles. The zero-order valence-corrected chi connectivity index (χ0v) is 26.0. The Hall–Kier alpha value is -4.70. The fourth-order valence-electron chi connectivity index (χ4n) is 6.48. The molecule has 0 radical (unpaired) electrons. The van der Waals surface area contributed by atoms with Gasteiger partial charge in [0.15, 0.2) is 0 Å². The second-order valence-electron chi connectivity index (χ2n) is 12.3. The standard InChI is InChI=1S/C34H26F9N3O4/c1-16-9-17(29(47)48)3-4-21(16)18-10-23(28(50-2)44-14-18)22-5-6-27(34(41,42)43)46-26(22)15-45-30(7-8-30)31(49)24-12-19(32(35,36)37)11-20(13-25(24)31)33(38,39)40/h3-6,9-14,24,45,49H,7-8,15H2,1-2H3,(H,47,48)/t24-,31-/m1/s1. The number of ether oxygens (including phenoxy) is 1. The number of fused-ring (bicyclic) bond motifs is 1. The Balaban J connectivity index is 1.39. The molecule has 0 aliphatic heterocycles. The summed E-state index contributed by atoms with van der Waals surface area (Å²) >= 11 is 0. The normalized spacial score (nSPS) is 21.4. The maximum absolute atomic E-state index is 13.9. The molecular weight excluding hydrogens is 685 g/mol. The number of aromatic nitrogens is 2. The van der Waals surface area contributed by atoms with Crippen LogP contribution < -0.4 is 10.1 Å². The number of methoxy groups -OCH3 is 1. The van der Waals surface area contributed by atoms with Crippen molar-refractivity contribution in [2.75, 3.05) is 7.11 Å². The first kappa shape index (κ1) is 35.1. The van der Waals surface area contributed by atoms with Gasteiger partial charge < -0.3 is 20.3 Å². The lowest BCUT2D eigenvalue weighted by Gasteiger charge is -2.26. The van der Waals surface area contributed by atoms with Crippen LogP contribution in [0.25, 0.3) is 22.3 Å². The second-order valence-corrected chi connectivity index (χ2v) is 12.3. The summed E-state index contributed by atoms with van der Waals surface area (Å²) in [6, 6.07) is 7.77. The van der Waals surface area contributed by atoms with Gasteiger partial charge in [0.25, 0.3) is 0 Å². The molecular formula is C34H26F9N3O4. The number of rotatable bonds is 8. The molecule has 0 spiro atoms. The lowest BCUT2D eigenvalue weighted by molar-refractivity contribution is -0.141. The van der Waals surface area contributed by atoms with E-state index in [0.29, 0.717) is 28.8 Å². The summed E-state index contributed by atoms with van der Waals surface area (Å²) in [5, 5.41) is 23.9. The van der Waals surface area contributed by atoms with E-state index in [9.17, 15) is 54.5 Å². The SMILES string of the molecule is COc1ncc(-c2ccc(C(=O)O)cc2C)cc1-c1ccc(C(F)(F)F)nc1CNC1([C@]2(O)C3=CC(C(F)(F)F)=CC(C(F)(F)F)=C[C@H]32)CC1. The molecule has 6 rings (SSSR count). The smallest absolute Gasteiger partial charge is 0.433 e.